The van der Waals surface area contributed by atoms with Crippen molar-refractivity contribution < 1.29 is 0 Å². The fourth-order valence-corrected chi connectivity index (χ4v) is 10.9. The largest absolute Gasteiger partial charge is 0.309 e. The van der Waals surface area contributed by atoms with Crippen molar-refractivity contribution in [2.75, 3.05) is 0 Å². The summed E-state index contributed by atoms with van der Waals surface area (Å²) in [5.41, 5.74) is 9.63. The zero-order valence-electron chi connectivity index (χ0n) is 27.9. The molecule has 52 heavy (non-hydrogen) atoms. The Balaban J connectivity index is 1.17. The molecular formula is C48H28N2S2. The van der Waals surface area contributed by atoms with Crippen molar-refractivity contribution in [3.8, 4) is 22.5 Å². The molecule has 2 nitrogen and oxygen atoms in total. The number of benzene rings is 8. The highest BCUT2D eigenvalue weighted by Crippen LogP contribution is 2.45. The van der Waals surface area contributed by atoms with Crippen LogP contribution in [0.2, 0.25) is 0 Å². The van der Waals surface area contributed by atoms with Crippen LogP contribution in [0.15, 0.2) is 170 Å². The molecule has 0 bridgehead atoms. The SMILES string of the molecule is c1ccc(-n2c3ccccc3c3cc4sc5ccccc5c4cc32)c(-c2ccccc2-n2c3ccccc3c3cc4sc5ccccc5c4cc32)c1. The summed E-state index contributed by atoms with van der Waals surface area (Å²) in [4.78, 5) is 0. The molecule has 0 fully saturated rings. The molecule has 0 atom stereocenters. The van der Waals surface area contributed by atoms with E-state index in [2.05, 4.69) is 179 Å². The van der Waals surface area contributed by atoms with E-state index in [4.69, 9.17) is 0 Å². The maximum Gasteiger partial charge on any atom is 0.0548 e. The molecule has 0 amide bonds. The molecule has 0 unspecified atom stereocenters. The van der Waals surface area contributed by atoms with Gasteiger partial charge in [-0.3, -0.25) is 0 Å². The lowest BCUT2D eigenvalue weighted by Crippen LogP contribution is -2.01. The average Bonchev–Trinajstić information content (AvgIpc) is 3.93. The minimum absolute atomic E-state index is 1.17. The summed E-state index contributed by atoms with van der Waals surface area (Å²) in [5, 5.41) is 10.4. The Bertz CT molecular complexity index is 3190. The molecule has 0 radical (unpaired) electrons. The van der Waals surface area contributed by atoms with Crippen molar-refractivity contribution in [3.63, 3.8) is 0 Å². The van der Waals surface area contributed by atoms with Gasteiger partial charge in [-0.2, -0.15) is 0 Å². The Morgan fingerprint density at radius 2 is 0.654 bits per heavy atom. The first-order valence-corrected chi connectivity index (χ1v) is 19.3. The molecule has 4 aromatic heterocycles. The molecule has 0 aliphatic rings. The van der Waals surface area contributed by atoms with Gasteiger partial charge in [0.25, 0.3) is 0 Å². The predicted molar refractivity (Wildman–Crippen MR) is 226 cm³/mol. The summed E-state index contributed by atoms with van der Waals surface area (Å²) in [6.07, 6.45) is 0. The maximum atomic E-state index is 2.50. The number of para-hydroxylation sites is 4. The quantitative estimate of drug-likeness (QED) is 0.174. The van der Waals surface area contributed by atoms with Gasteiger partial charge in [0.15, 0.2) is 0 Å². The molecular weight excluding hydrogens is 669 g/mol. The zero-order valence-corrected chi connectivity index (χ0v) is 29.5. The van der Waals surface area contributed by atoms with Crippen LogP contribution < -0.4 is 0 Å². The van der Waals surface area contributed by atoms with Gasteiger partial charge in [0, 0.05) is 73.0 Å². The second kappa shape index (κ2) is 10.7. The highest BCUT2D eigenvalue weighted by atomic mass is 32.1. The lowest BCUT2D eigenvalue weighted by molar-refractivity contribution is 1.16. The molecule has 12 rings (SSSR count). The number of nitrogens with zero attached hydrogens (tertiary/aromatic N) is 2. The number of fused-ring (bicyclic) bond motifs is 12. The predicted octanol–water partition coefficient (Wildman–Crippen LogP) is 14.3. The van der Waals surface area contributed by atoms with Crippen molar-refractivity contribution in [1.82, 2.24) is 9.13 Å². The monoisotopic (exact) mass is 696 g/mol. The molecule has 4 heterocycles. The van der Waals surface area contributed by atoms with Crippen LogP contribution in [-0.4, -0.2) is 9.13 Å². The van der Waals surface area contributed by atoms with Gasteiger partial charge in [0.05, 0.1) is 33.4 Å². The summed E-state index contributed by atoms with van der Waals surface area (Å²) in [6, 6.07) is 62.9. The van der Waals surface area contributed by atoms with E-state index in [1.54, 1.807) is 0 Å². The molecule has 0 N–H and O–H groups in total. The van der Waals surface area contributed by atoms with Crippen LogP contribution >= 0.6 is 22.7 Å². The Kier molecular flexibility index (Phi) is 5.84. The number of thiophene rings is 2. The highest BCUT2D eigenvalue weighted by Gasteiger charge is 2.21. The van der Waals surface area contributed by atoms with Crippen molar-refractivity contribution >= 4 is 107 Å². The van der Waals surface area contributed by atoms with Crippen LogP contribution in [0.25, 0.3) is 106 Å². The van der Waals surface area contributed by atoms with Gasteiger partial charge >= 0.3 is 0 Å². The van der Waals surface area contributed by atoms with Crippen LogP contribution in [0.3, 0.4) is 0 Å². The molecule has 0 aliphatic carbocycles. The third-order valence-corrected chi connectivity index (χ3v) is 13.2. The minimum atomic E-state index is 1.17. The van der Waals surface area contributed by atoms with E-state index in [0.717, 1.165) is 0 Å². The standard InChI is InChI=1S/C48H28N2S2/c1-7-19-39(49-41-21-9-3-15-31(41)35-27-47-37(25-43(35)49)33-17-5-11-23-45(33)51-47)29(13-1)30-14-2-8-20-40(30)50-42-22-10-4-16-32(42)36-28-48-38(26-44(36)50)34-18-6-12-24-46(34)52-48/h1-28H. The van der Waals surface area contributed by atoms with E-state index in [1.807, 2.05) is 22.7 Å². The Labute approximate surface area is 306 Å². The summed E-state index contributed by atoms with van der Waals surface area (Å²) in [6.45, 7) is 0. The topological polar surface area (TPSA) is 9.86 Å². The van der Waals surface area contributed by atoms with Gasteiger partial charge in [-0.1, -0.05) is 109 Å². The first-order valence-electron chi connectivity index (χ1n) is 17.7. The smallest absolute Gasteiger partial charge is 0.0548 e. The minimum Gasteiger partial charge on any atom is -0.309 e. The zero-order chi connectivity index (χ0) is 33.9. The fraction of sp³-hybridized carbons (Fsp3) is 0. The van der Waals surface area contributed by atoms with E-state index in [9.17, 15) is 0 Å². The van der Waals surface area contributed by atoms with Gasteiger partial charge < -0.3 is 9.13 Å². The third-order valence-electron chi connectivity index (χ3n) is 10.9. The third kappa shape index (κ3) is 3.88. The van der Waals surface area contributed by atoms with Gasteiger partial charge in [-0.25, -0.2) is 0 Å². The Hall–Kier alpha value is -6.20. The van der Waals surface area contributed by atoms with Crippen LogP contribution in [0.1, 0.15) is 0 Å². The second-order valence-corrected chi connectivity index (χ2v) is 15.8. The van der Waals surface area contributed by atoms with E-state index >= 15 is 0 Å². The first kappa shape index (κ1) is 28.5. The van der Waals surface area contributed by atoms with E-state index in [0.29, 0.717) is 0 Å². The average molecular weight is 697 g/mol. The van der Waals surface area contributed by atoms with Crippen molar-refractivity contribution in [2.45, 2.75) is 0 Å². The first-order chi connectivity index (χ1) is 25.8. The summed E-state index contributed by atoms with van der Waals surface area (Å²) in [5.74, 6) is 0. The molecule has 0 spiro atoms. The van der Waals surface area contributed by atoms with E-state index in [-0.39, 0.29) is 0 Å². The maximum absolute atomic E-state index is 2.50. The Morgan fingerprint density at radius 3 is 1.13 bits per heavy atom. The van der Waals surface area contributed by atoms with Gasteiger partial charge in [0.2, 0.25) is 0 Å². The molecule has 0 aliphatic heterocycles. The van der Waals surface area contributed by atoms with E-state index in [1.165, 1.54) is 106 Å². The number of hydrogen-bond acceptors (Lipinski definition) is 2. The van der Waals surface area contributed by atoms with Crippen LogP contribution in [0.4, 0.5) is 0 Å². The Morgan fingerprint density at radius 1 is 0.269 bits per heavy atom. The summed E-state index contributed by atoms with van der Waals surface area (Å²) < 4.78 is 10.3. The fourth-order valence-electron chi connectivity index (χ4n) is 8.69. The molecule has 242 valence electrons. The van der Waals surface area contributed by atoms with Crippen molar-refractivity contribution in [3.05, 3.63) is 170 Å². The van der Waals surface area contributed by atoms with Gasteiger partial charge in [-0.15, -0.1) is 22.7 Å². The number of hydrogen-bond donors (Lipinski definition) is 0. The van der Waals surface area contributed by atoms with Crippen LogP contribution in [0.5, 0.6) is 0 Å². The second-order valence-electron chi connectivity index (χ2n) is 13.7. The van der Waals surface area contributed by atoms with E-state index < -0.39 is 0 Å². The van der Waals surface area contributed by atoms with Crippen molar-refractivity contribution in [2.24, 2.45) is 0 Å². The lowest BCUT2D eigenvalue weighted by atomic mass is 10.0. The molecule has 8 aromatic carbocycles. The van der Waals surface area contributed by atoms with Gasteiger partial charge in [-0.05, 0) is 60.7 Å². The summed E-state index contributed by atoms with van der Waals surface area (Å²) in [7, 11) is 0. The molecule has 0 saturated heterocycles. The normalized spacial score (nSPS) is 12.2. The lowest BCUT2D eigenvalue weighted by Gasteiger charge is -2.18. The van der Waals surface area contributed by atoms with Crippen LogP contribution in [-0.2, 0) is 0 Å². The molecule has 12 aromatic rings. The van der Waals surface area contributed by atoms with Crippen LogP contribution in [0, 0.1) is 0 Å². The number of rotatable bonds is 3. The van der Waals surface area contributed by atoms with Gasteiger partial charge in [0.1, 0.15) is 0 Å². The number of aromatic nitrogens is 2. The summed E-state index contributed by atoms with van der Waals surface area (Å²) >= 11 is 3.77. The molecule has 0 saturated carbocycles. The molecule has 4 heteroatoms. The van der Waals surface area contributed by atoms with Crippen molar-refractivity contribution in [1.29, 1.82) is 0 Å². The highest BCUT2D eigenvalue weighted by molar-refractivity contribution is 7.26.